The van der Waals surface area contributed by atoms with Crippen molar-refractivity contribution in [3.8, 4) is 5.75 Å². The third-order valence-corrected chi connectivity index (χ3v) is 4.23. The molecule has 2 rings (SSSR count). The Hall–Kier alpha value is -0.870. The van der Waals surface area contributed by atoms with E-state index in [4.69, 9.17) is 23.2 Å². The lowest BCUT2D eigenvalue weighted by molar-refractivity contribution is 0.465. The molecule has 0 heterocycles. The molecule has 2 nitrogen and oxygen atoms in total. The minimum absolute atomic E-state index is 0.0966. The molecule has 0 aliphatic heterocycles. The molecule has 0 bridgehead atoms. The van der Waals surface area contributed by atoms with Crippen molar-refractivity contribution < 1.29 is 5.11 Å². The van der Waals surface area contributed by atoms with E-state index < -0.39 is 0 Å². The van der Waals surface area contributed by atoms with Crippen LogP contribution in [0.1, 0.15) is 5.56 Å². The van der Waals surface area contributed by atoms with Gasteiger partial charge in [0.05, 0.1) is 5.02 Å². The number of thioether (sulfide) groups is 1. The van der Waals surface area contributed by atoms with E-state index in [1.807, 2.05) is 18.2 Å². The van der Waals surface area contributed by atoms with Crippen molar-refractivity contribution in [1.29, 1.82) is 0 Å². The van der Waals surface area contributed by atoms with E-state index in [1.54, 1.807) is 17.8 Å². The molecule has 0 fully saturated rings. The van der Waals surface area contributed by atoms with E-state index in [9.17, 15) is 5.11 Å². The van der Waals surface area contributed by atoms with Crippen LogP contribution in [0.4, 0.5) is 0 Å². The van der Waals surface area contributed by atoms with Gasteiger partial charge >= 0.3 is 0 Å². The van der Waals surface area contributed by atoms with Gasteiger partial charge in [-0.3, -0.25) is 0 Å². The number of rotatable bonds is 6. The number of halogens is 2. The van der Waals surface area contributed by atoms with Gasteiger partial charge in [-0.05, 0) is 24.3 Å². The fourth-order valence-electron chi connectivity index (χ4n) is 1.73. The van der Waals surface area contributed by atoms with Crippen LogP contribution in [-0.4, -0.2) is 17.4 Å². The average Bonchev–Trinajstić information content (AvgIpc) is 2.44. The van der Waals surface area contributed by atoms with E-state index in [1.165, 1.54) is 11.0 Å². The van der Waals surface area contributed by atoms with Crippen LogP contribution in [0.2, 0.25) is 10.0 Å². The van der Waals surface area contributed by atoms with E-state index in [2.05, 4.69) is 17.4 Å². The van der Waals surface area contributed by atoms with Gasteiger partial charge in [0.25, 0.3) is 0 Å². The summed E-state index contributed by atoms with van der Waals surface area (Å²) >= 11 is 13.6. The summed E-state index contributed by atoms with van der Waals surface area (Å²) in [5, 5.41) is 13.9. The predicted molar refractivity (Wildman–Crippen MR) is 87.0 cm³/mol. The van der Waals surface area contributed by atoms with Crippen LogP contribution in [0, 0.1) is 0 Å². The minimum atomic E-state index is 0.0966. The quantitative estimate of drug-likeness (QED) is 0.601. The molecule has 0 aliphatic carbocycles. The van der Waals surface area contributed by atoms with Crippen LogP contribution in [0.15, 0.2) is 47.4 Å². The van der Waals surface area contributed by atoms with E-state index in [0.29, 0.717) is 17.1 Å². The summed E-state index contributed by atoms with van der Waals surface area (Å²) in [4.78, 5) is 1.25. The first-order chi connectivity index (χ1) is 9.66. The van der Waals surface area contributed by atoms with Crippen LogP contribution in [-0.2, 0) is 6.54 Å². The third-order valence-electron chi connectivity index (χ3n) is 2.71. The Morgan fingerprint density at radius 1 is 1.10 bits per heavy atom. The Balaban J connectivity index is 1.76. The van der Waals surface area contributed by atoms with Crippen molar-refractivity contribution in [2.24, 2.45) is 0 Å². The number of benzene rings is 2. The fourth-order valence-corrected chi connectivity index (χ4v) is 3.10. The summed E-state index contributed by atoms with van der Waals surface area (Å²) in [5.41, 5.74) is 0.715. The lowest BCUT2D eigenvalue weighted by Crippen LogP contribution is -2.16. The van der Waals surface area contributed by atoms with Crippen molar-refractivity contribution in [3.63, 3.8) is 0 Å². The van der Waals surface area contributed by atoms with Gasteiger partial charge in [0.1, 0.15) is 5.75 Å². The lowest BCUT2D eigenvalue weighted by atomic mass is 10.2. The molecule has 106 valence electrons. The number of nitrogens with one attached hydrogen (secondary N) is 1. The topological polar surface area (TPSA) is 32.3 Å². The monoisotopic (exact) mass is 327 g/mol. The van der Waals surface area contributed by atoms with Crippen molar-refractivity contribution in [2.45, 2.75) is 11.4 Å². The smallest absolute Gasteiger partial charge is 0.138 e. The lowest BCUT2D eigenvalue weighted by Gasteiger charge is -2.08. The van der Waals surface area contributed by atoms with Gasteiger partial charge in [0.2, 0.25) is 0 Å². The second kappa shape index (κ2) is 7.79. The van der Waals surface area contributed by atoms with Gasteiger partial charge in [-0.2, -0.15) is 0 Å². The summed E-state index contributed by atoms with van der Waals surface area (Å²) in [5.74, 6) is 1.05. The SMILES string of the molecule is Oc1c(Cl)cc(Cl)cc1CNCCSc1ccccc1. The molecule has 2 aromatic carbocycles. The van der Waals surface area contributed by atoms with Crippen LogP contribution < -0.4 is 5.32 Å². The Kier molecular flexibility index (Phi) is 6.05. The Morgan fingerprint density at radius 2 is 1.85 bits per heavy atom. The fraction of sp³-hybridized carbons (Fsp3) is 0.200. The molecule has 2 N–H and O–H groups in total. The van der Waals surface area contributed by atoms with Gasteiger partial charge in [-0.25, -0.2) is 0 Å². The molecule has 0 unspecified atom stereocenters. The molecular formula is C15H15Cl2NOS. The maximum absolute atomic E-state index is 9.82. The number of phenols is 1. The van der Waals surface area contributed by atoms with Crippen LogP contribution in [0.3, 0.4) is 0 Å². The average molecular weight is 328 g/mol. The normalized spacial score (nSPS) is 10.7. The Morgan fingerprint density at radius 3 is 2.60 bits per heavy atom. The van der Waals surface area contributed by atoms with E-state index in [0.717, 1.165) is 12.3 Å². The molecule has 0 aliphatic rings. The summed E-state index contributed by atoms with van der Waals surface area (Å²) in [6.07, 6.45) is 0. The first-order valence-corrected chi connectivity index (χ1v) is 7.96. The number of hydrogen-bond acceptors (Lipinski definition) is 3. The Bertz CT molecular complexity index is 563. The molecule has 0 amide bonds. The van der Waals surface area contributed by atoms with Gasteiger partial charge in [0.15, 0.2) is 0 Å². The zero-order chi connectivity index (χ0) is 14.4. The Labute approximate surface area is 133 Å². The molecule has 0 atom stereocenters. The number of hydrogen-bond donors (Lipinski definition) is 2. The van der Waals surface area contributed by atoms with E-state index >= 15 is 0 Å². The zero-order valence-electron chi connectivity index (χ0n) is 10.8. The second-order valence-electron chi connectivity index (χ2n) is 4.23. The largest absolute Gasteiger partial charge is 0.506 e. The first-order valence-electron chi connectivity index (χ1n) is 6.22. The third kappa shape index (κ3) is 4.60. The highest BCUT2D eigenvalue weighted by Gasteiger charge is 2.07. The highest BCUT2D eigenvalue weighted by Crippen LogP contribution is 2.30. The van der Waals surface area contributed by atoms with Gasteiger partial charge < -0.3 is 10.4 Å². The van der Waals surface area contributed by atoms with Crippen molar-refractivity contribution in [1.82, 2.24) is 5.32 Å². The molecule has 0 saturated heterocycles. The molecule has 5 heteroatoms. The molecule has 0 aromatic heterocycles. The van der Waals surface area contributed by atoms with Crippen molar-refractivity contribution >= 4 is 35.0 Å². The maximum atomic E-state index is 9.82. The molecule has 2 aromatic rings. The minimum Gasteiger partial charge on any atom is -0.506 e. The predicted octanol–water partition coefficient (Wildman–Crippen LogP) is 4.58. The second-order valence-corrected chi connectivity index (χ2v) is 6.25. The number of phenolic OH excluding ortho intramolecular Hbond substituents is 1. The van der Waals surface area contributed by atoms with E-state index in [-0.39, 0.29) is 10.8 Å². The summed E-state index contributed by atoms with van der Waals surface area (Å²) in [6, 6.07) is 13.5. The van der Waals surface area contributed by atoms with Crippen LogP contribution in [0.5, 0.6) is 5.75 Å². The maximum Gasteiger partial charge on any atom is 0.138 e. The van der Waals surface area contributed by atoms with Crippen molar-refractivity contribution in [2.75, 3.05) is 12.3 Å². The van der Waals surface area contributed by atoms with Crippen LogP contribution >= 0.6 is 35.0 Å². The standard InChI is InChI=1S/C15H15Cl2NOS/c16-12-8-11(15(19)14(17)9-12)10-18-6-7-20-13-4-2-1-3-5-13/h1-5,8-9,18-19H,6-7,10H2. The van der Waals surface area contributed by atoms with Gasteiger partial charge in [0, 0.05) is 34.3 Å². The first kappa shape index (κ1) is 15.5. The molecular weight excluding hydrogens is 313 g/mol. The highest BCUT2D eigenvalue weighted by atomic mass is 35.5. The summed E-state index contributed by atoms with van der Waals surface area (Å²) < 4.78 is 0. The molecule has 0 radical (unpaired) electrons. The van der Waals surface area contributed by atoms with Crippen molar-refractivity contribution in [3.05, 3.63) is 58.1 Å². The molecule has 20 heavy (non-hydrogen) atoms. The molecule has 0 saturated carbocycles. The number of aromatic hydroxyl groups is 1. The van der Waals surface area contributed by atoms with Gasteiger partial charge in [-0.1, -0.05) is 41.4 Å². The zero-order valence-corrected chi connectivity index (χ0v) is 13.1. The summed E-state index contributed by atoms with van der Waals surface area (Å²) in [7, 11) is 0. The summed E-state index contributed by atoms with van der Waals surface area (Å²) in [6.45, 7) is 1.38. The highest BCUT2D eigenvalue weighted by molar-refractivity contribution is 7.99. The van der Waals surface area contributed by atoms with Crippen LogP contribution in [0.25, 0.3) is 0 Å². The van der Waals surface area contributed by atoms with Gasteiger partial charge in [-0.15, -0.1) is 11.8 Å². The molecule has 0 spiro atoms.